The number of ether oxygens (including phenoxy) is 1. The average Bonchev–Trinajstić information content (AvgIpc) is 2.88. The summed E-state index contributed by atoms with van der Waals surface area (Å²) >= 11 is 0. The number of aromatic nitrogens is 1. The van der Waals surface area contributed by atoms with E-state index in [0.717, 1.165) is 12.1 Å². The van der Waals surface area contributed by atoms with E-state index in [1.165, 1.54) is 24.3 Å². The van der Waals surface area contributed by atoms with Gasteiger partial charge in [0.25, 0.3) is 5.91 Å². The molecule has 0 aliphatic heterocycles. The van der Waals surface area contributed by atoms with Crippen molar-refractivity contribution in [2.45, 2.75) is 12.8 Å². The van der Waals surface area contributed by atoms with Crippen LogP contribution in [0, 0.1) is 0 Å². The van der Waals surface area contributed by atoms with Gasteiger partial charge in [0.1, 0.15) is 6.61 Å². The number of esters is 1. The quantitative estimate of drug-likeness (QED) is 0.328. The van der Waals surface area contributed by atoms with Gasteiger partial charge in [-0.2, -0.15) is 13.2 Å². The second kappa shape index (κ2) is 10.2. The molecule has 3 aromatic carbocycles. The van der Waals surface area contributed by atoms with Crippen LogP contribution < -0.4 is 5.32 Å². The molecule has 0 radical (unpaired) electrons. The van der Waals surface area contributed by atoms with Crippen molar-refractivity contribution < 1.29 is 27.5 Å². The van der Waals surface area contributed by atoms with E-state index in [9.17, 15) is 22.8 Å². The molecule has 176 valence electrons. The van der Waals surface area contributed by atoms with E-state index in [1.807, 2.05) is 0 Å². The Kier molecular flexibility index (Phi) is 6.91. The maximum Gasteiger partial charge on any atom is 0.416 e. The van der Waals surface area contributed by atoms with Gasteiger partial charge in [-0.25, -0.2) is 4.79 Å². The molecule has 0 unspecified atom stereocenters. The van der Waals surface area contributed by atoms with Crippen LogP contribution in [0.4, 0.5) is 18.9 Å². The Hall–Kier alpha value is -4.46. The number of halogens is 3. The lowest BCUT2D eigenvalue weighted by atomic mass is 9.98. The summed E-state index contributed by atoms with van der Waals surface area (Å²) in [5.74, 6) is -0.966. The molecule has 5 nitrogen and oxygen atoms in total. The summed E-state index contributed by atoms with van der Waals surface area (Å²) in [6, 6.07) is 22.7. The average molecular weight is 476 g/mol. The SMILES string of the molecule is O=C(OCc1ccccn1)c1ccc(NC(=O)c2ccccc2-c2ccc(C(F)(F)F)cc2)cc1. The Bertz CT molecular complexity index is 1320. The fourth-order valence-corrected chi connectivity index (χ4v) is 3.37. The summed E-state index contributed by atoms with van der Waals surface area (Å²) < 4.78 is 43.9. The molecule has 0 aliphatic carbocycles. The van der Waals surface area contributed by atoms with Crippen LogP contribution in [0.15, 0.2) is 97.2 Å². The zero-order valence-corrected chi connectivity index (χ0v) is 18.3. The van der Waals surface area contributed by atoms with E-state index in [-0.39, 0.29) is 6.61 Å². The van der Waals surface area contributed by atoms with E-state index in [0.29, 0.717) is 33.6 Å². The molecule has 0 fully saturated rings. The Labute approximate surface area is 199 Å². The highest BCUT2D eigenvalue weighted by atomic mass is 19.4. The Balaban J connectivity index is 1.44. The highest BCUT2D eigenvalue weighted by Gasteiger charge is 2.30. The summed E-state index contributed by atoms with van der Waals surface area (Å²) in [6.45, 7) is 0.0406. The maximum atomic E-state index is 12.9. The Morgan fingerprint density at radius 3 is 2.17 bits per heavy atom. The van der Waals surface area contributed by atoms with Crippen molar-refractivity contribution in [2.75, 3.05) is 5.32 Å². The van der Waals surface area contributed by atoms with E-state index in [4.69, 9.17) is 4.74 Å². The highest BCUT2D eigenvalue weighted by Crippen LogP contribution is 2.32. The first-order valence-electron chi connectivity index (χ1n) is 10.6. The molecule has 0 spiro atoms. The van der Waals surface area contributed by atoms with Crippen LogP contribution in [0.1, 0.15) is 32.0 Å². The first kappa shape index (κ1) is 23.7. The second-order valence-electron chi connectivity index (χ2n) is 7.55. The molecule has 8 heteroatoms. The number of amides is 1. The molecule has 1 heterocycles. The number of nitrogens with zero attached hydrogens (tertiary/aromatic N) is 1. The van der Waals surface area contributed by atoms with Gasteiger partial charge in [0.05, 0.1) is 16.8 Å². The molecule has 1 aromatic heterocycles. The van der Waals surface area contributed by atoms with Gasteiger partial charge in [0.15, 0.2) is 0 Å². The van der Waals surface area contributed by atoms with Gasteiger partial charge in [-0.3, -0.25) is 9.78 Å². The van der Waals surface area contributed by atoms with Gasteiger partial charge in [-0.05, 0) is 65.7 Å². The number of hydrogen-bond acceptors (Lipinski definition) is 4. The van der Waals surface area contributed by atoms with Crippen molar-refractivity contribution in [1.82, 2.24) is 4.98 Å². The monoisotopic (exact) mass is 476 g/mol. The van der Waals surface area contributed by atoms with Crippen molar-refractivity contribution in [3.8, 4) is 11.1 Å². The zero-order chi connectivity index (χ0) is 24.8. The third-order valence-corrected chi connectivity index (χ3v) is 5.15. The number of pyridine rings is 1. The molecular formula is C27H19F3N2O3. The number of benzene rings is 3. The van der Waals surface area contributed by atoms with Gasteiger partial charge in [-0.1, -0.05) is 36.4 Å². The predicted octanol–water partition coefficient (Wildman–Crippen LogP) is 6.38. The number of alkyl halides is 3. The molecule has 1 N–H and O–H groups in total. The van der Waals surface area contributed by atoms with E-state index >= 15 is 0 Å². The van der Waals surface area contributed by atoms with Crippen molar-refractivity contribution >= 4 is 17.6 Å². The number of hydrogen-bond donors (Lipinski definition) is 1. The van der Waals surface area contributed by atoms with Crippen LogP contribution in [0.3, 0.4) is 0 Å². The highest BCUT2D eigenvalue weighted by molar-refractivity contribution is 6.08. The molecule has 4 aromatic rings. The van der Waals surface area contributed by atoms with Gasteiger partial charge in [0.2, 0.25) is 0 Å². The van der Waals surface area contributed by atoms with Gasteiger partial charge in [0, 0.05) is 17.4 Å². The van der Waals surface area contributed by atoms with Crippen molar-refractivity contribution in [1.29, 1.82) is 0 Å². The van der Waals surface area contributed by atoms with Gasteiger partial charge >= 0.3 is 12.1 Å². The minimum absolute atomic E-state index is 0.0406. The van der Waals surface area contributed by atoms with Gasteiger partial charge in [-0.15, -0.1) is 0 Å². The summed E-state index contributed by atoms with van der Waals surface area (Å²) in [6.07, 6.45) is -2.83. The van der Waals surface area contributed by atoms with Crippen LogP contribution in [0.2, 0.25) is 0 Å². The normalized spacial score (nSPS) is 11.1. The third-order valence-electron chi connectivity index (χ3n) is 5.15. The molecule has 0 aliphatic rings. The fraction of sp³-hybridized carbons (Fsp3) is 0.0741. The van der Waals surface area contributed by atoms with Crippen LogP contribution in [0.25, 0.3) is 11.1 Å². The lowest BCUT2D eigenvalue weighted by molar-refractivity contribution is -0.137. The number of carbonyl (C=O) groups excluding carboxylic acids is 2. The minimum atomic E-state index is -4.44. The number of carbonyl (C=O) groups is 2. The summed E-state index contributed by atoms with van der Waals surface area (Å²) in [5.41, 5.74) is 1.88. The number of nitrogens with one attached hydrogen (secondary N) is 1. The van der Waals surface area contributed by atoms with Crippen molar-refractivity contribution in [3.63, 3.8) is 0 Å². The molecule has 4 rings (SSSR count). The number of rotatable bonds is 6. The van der Waals surface area contributed by atoms with E-state index in [1.54, 1.807) is 60.8 Å². The van der Waals surface area contributed by atoms with Crippen LogP contribution in [-0.2, 0) is 17.5 Å². The molecular weight excluding hydrogens is 457 g/mol. The first-order chi connectivity index (χ1) is 16.8. The first-order valence-corrected chi connectivity index (χ1v) is 10.6. The molecule has 35 heavy (non-hydrogen) atoms. The lowest BCUT2D eigenvalue weighted by Crippen LogP contribution is -2.13. The fourth-order valence-electron chi connectivity index (χ4n) is 3.37. The second-order valence-corrected chi connectivity index (χ2v) is 7.55. The van der Waals surface area contributed by atoms with Crippen LogP contribution >= 0.6 is 0 Å². The standard InChI is InChI=1S/C27H19F3N2O3/c28-27(29,30)20-12-8-18(9-13-20)23-6-1-2-7-24(23)25(33)32-21-14-10-19(11-15-21)26(34)35-17-22-5-3-4-16-31-22/h1-16H,17H2,(H,32,33). The van der Waals surface area contributed by atoms with E-state index < -0.39 is 23.6 Å². The van der Waals surface area contributed by atoms with Crippen LogP contribution in [0.5, 0.6) is 0 Å². The summed E-state index contributed by atoms with van der Waals surface area (Å²) in [5, 5.41) is 2.75. The van der Waals surface area contributed by atoms with Crippen molar-refractivity contribution in [2.24, 2.45) is 0 Å². The molecule has 0 saturated carbocycles. The third kappa shape index (κ3) is 5.92. The Morgan fingerprint density at radius 2 is 1.51 bits per heavy atom. The smallest absolute Gasteiger partial charge is 0.416 e. The van der Waals surface area contributed by atoms with E-state index in [2.05, 4.69) is 10.3 Å². The topological polar surface area (TPSA) is 68.3 Å². The largest absolute Gasteiger partial charge is 0.456 e. The summed E-state index contributed by atoms with van der Waals surface area (Å²) in [7, 11) is 0. The lowest BCUT2D eigenvalue weighted by Gasteiger charge is -2.12. The predicted molar refractivity (Wildman–Crippen MR) is 125 cm³/mol. The maximum absolute atomic E-state index is 12.9. The minimum Gasteiger partial charge on any atom is -0.456 e. The van der Waals surface area contributed by atoms with Gasteiger partial charge < -0.3 is 10.1 Å². The number of anilines is 1. The molecule has 0 saturated heterocycles. The van der Waals surface area contributed by atoms with Crippen LogP contribution in [-0.4, -0.2) is 16.9 Å². The molecule has 0 bridgehead atoms. The molecule has 0 atom stereocenters. The summed E-state index contributed by atoms with van der Waals surface area (Å²) in [4.78, 5) is 29.3. The Morgan fingerprint density at radius 1 is 0.829 bits per heavy atom. The molecule has 1 amide bonds. The zero-order valence-electron chi connectivity index (χ0n) is 18.3. The van der Waals surface area contributed by atoms with Crippen molar-refractivity contribution in [3.05, 3.63) is 120 Å².